The van der Waals surface area contributed by atoms with E-state index in [-0.39, 0.29) is 5.78 Å². The van der Waals surface area contributed by atoms with Gasteiger partial charge in [-0.3, -0.25) is 4.79 Å². The monoisotopic (exact) mass is 304 g/mol. The molecule has 1 aromatic heterocycles. The van der Waals surface area contributed by atoms with Crippen molar-refractivity contribution in [2.45, 2.75) is 6.92 Å². The summed E-state index contributed by atoms with van der Waals surface area (Å²) in [5, 5.41) is 2.04. The molecule has 0 N–H and O–H groups in total. The number of hydrogen-bond donors (Lipinski definition) is 0. The Hall–Kier alpha value is -2.45. The average Bonchev–Trinajstić information content (AvgIpc) is 2.99. The largest absolute Gasteiger partial charge is 0.289 e. The van der Waals surface area contributed by atoms with Crippen LogP contribution in [0.15, 0.2) is 72.1 Å². The van der Waals surface area contributed by atoms with Gasteiger partial charge in [0.2, 0.25) is 0 Å². The van der Waals surface area contributed by atoms with Gasteiger partial charge < -0.3 is 0 Å². The Morgan fingerprint density at radius 3 is 2.23 bits per heavy atom. The molecule has 0 spiro atoms. The van der Waals surface area contributed by atoms with Gasteiger partial charge in [-0.2, -0.15) is 0 Å². The molecule has 0 amide bonds. The summed E-state index contributed by atoms with van der Waals surface area (Å²) in [6.45, 7) is 2.05. The number of carbonyl (C=O) groups excluding carboxylic acids is 1. The van der Waals surface area contributed by atoms with E-state index in [1.165, 1.54) is 5.56 Å². The molecule has 0 saturated carbocycles. The average molecular weight is 304 g/mol. The highest BCUT2D eigenvalue weighted by molar-refractivity contribution is 7.11. The fourth-order valence-corrected chi connectivity index (χ4v) is 3.08. The molecular weight excluding hydrogens is 288 g/mol. The zero-order valence-corrected chi connectivity index (χ0v) is 13.1. The number of benzene rings is 2. The van der Waals surface area contributed by atoms with Crippen molar-refractivity contribution < 1.29 is 4.79 Å². The molecular formula is C20H16OS. The Kier molecular flexibility index (Phi) is 4.31. The molecule has 0 fully saturated rings. The van der Waals surface area contributed by atoms with Crippen LogP contribution in [-0.4, -0.2) is 5.78 Å². The van der Waals surface area contributed by atoms with Crippen LogP contribution in [0.5, 0.6) is 0 Å². The standard InChI is InChI=1S/C20H16OS/c1-15-13-14-22-20(15)12-11-19(21)18-9-7-17(8-10-18)16-5-3-2-4-6-16/h2-14H,1H3/b12-11+. The van der Waals surface area contributed by atoms with Crippen LogP contribution in [0.4, 0.5) is 0 Å². The van der Waals surface area contributed by atoms with E-state index in [0.29, 0.717) is 5.56 Å². The molecule has 3 aromatic rings. The fourth-order valence-electron chi connectivity index (χ4n) is 2.26. The minimum Gasteiger partial charge on any atom is -0.289 e. The first-order valence-electron chi connectivity index (χ1n) is 7.16. The second kappa shape index (κ2) is 6.54. The van der Waals surface area contributed by atoms with E-state index in [9.17, 15) is 4.79 Å². The van der Waals surface area contributed by atoms with Crippen molar-refractivity contribution in [3.8, 4) is 11.1 Å². The molecule has 2 heteroatoms. The smallest absolute Gasteiger partial charge is 0.185 e. The van der Waals surface area contributed by atoms with Gasteiger partial charge >= 0.3 is 0 Å². The molecule has 108 valence electrons. The van der Waals surface area contributed by atoms with Crippen molar-refractivity contribution in [2.24, 2.45) is 0 Å². The minimum atomic E-state index is 0.0346. The van der Waals surface area contributed by atoms with Crippen LogP contribution in [0, 0.1) is 6.92 Å². The lowest BCUT2D eigenvalue weighted by atomic mass is 10.0. The molecule has 1 nitrogen and oxygen atoms in total. The van der Waals surface area contributed by atoms with Crippen LogP contribution >= 0.6 is 11.3 Å². The van der Waals surface area contributed by atoms with E-state index in [1.807, 2.05) is 53.9 Å². The minimum absolute atomic E-state index is 0.0346. The molecule has 3 rings (SSSR count). The lowest BCUT2D eigenvalue weighted by Crippen LogP contribution is -1.93. The van der Waals surface area contributed by atoms with E-state index in [2.05, 4.69) is 25.1 Å². The Balaban J connectivity index is 1.77. The highest BCUT2D eigenvalue weighted by Crippen LogP contribution is 2.20. The van der Waals surface area contributed by atoms with E-state index in [4.69, 9.17) is 0 Å². The van der Waals surface area contributed by atoms with E-state index < -0.39 is 0 Å². The molecule has 0 aliphatic rings. The highest BCUT2D eigenvalue weighted by Gasteiger charge is 2.03. The van der Waals surface area contributed by atoms with Crippen LogP contribution in [-0.2, 0) is 0 Å². The maximum atomic E-state index is 12.2. The summed E-state index contributed by atoms with van der Waals surface area (Å²) in [6, 6.07) is 20.0. The first-order valence-corrected chi connectivity index (χ1v) is 8.04. The molecule has 0 radical (unpaired) electrons. The van der Waals surface area contributed by atoms with Crippen LogP contribution in [0.2, 0.25) is 0 Å². The zero-order valence-electron chi connectivity index (χ0n) is 12.3. The third-order valence-electron chi connectivity index (χ3n) is 3.56. The van der Waals surface area contributed by atoms with E-state index >= 15 is 0 Å². The van der Waals surface area contributed by atoms with Crippen molar-refractivity contribution in [3.63, 3.8) is 0 Å². The van der Waals surface area contributed by atoms with Gasteiger partial charge in [-0.1, -0.05) is 54.6 Å². The van der Waals surface area contributed by atoms with Crippen LogP contribution < -0.4 is 0 Å². The normalized spacial score (nSPS) is 11.0. The highest BCUT2D eigenvalue weighted by atomic mass is 32.1. The first kappa shape index (κ1) is 14.5. The molecule has 0 aliphatic carbocycles. The molecule has 2 aromatic carbocycles. The lowest BCUT2D eigenvalue weighted by Gasteiger charge is -2.02. The first-order chi connectivity index (χ1) is 10.7. The van der Waals surface area contributed by atoms with E-state index in [1.54, 1.807) is 17.4 Å². The summed E-state index contributed by atoms with van der Waals surface area (Å²) in [5.41, 5.74) is 4.19. The van der Waals surface area contributed by atoms with Crippen molar-refractivity contribution in [1.29, 1.82) is 0 Å². The molecule has 0 saturated heterocycles. The van der Waals surface area contributed by atoms with Crippen LogP contribution in [0.1, 0.15) is 20.8 Å². The zero-order chi connectivity index (χ0) is 15.4. The number of thiophene rings is 1. The predicted octanol–water partition coefficient (Wildman–Crippen LogP) is 5.62. The second-order valence-corrected chi connectivity index (χ2v) is 6.06. The summed E-state index contributed by atoms with van der Waals surface area (Å²) < 4.78 is 0. The number of carbonyl (C=O) groups is 1. The van der Waals surface area contributed by atoms with Crippen molar-refractivity contribution >= 4 is 23.2 Å². The Morgan fingerprint density at radius 2 is 1.59 bits per heavy atom. The second-order valence-electron chi connectivity index (χ2n) is 5.11. The van der Waals surface area contributed by atoms with Gasteiger partial charge in [0, 0.05) is 10.4 Å². The van der Waals surface area contributed by atoms with Gasteiger partial charge in [-0.25, -0.2) is 0 Å². The van der Waals surface area contributed by atoms with Gasteiger partial charge in [0.1, 0.15) is 0 Å². The summed E-state index contributed by atoms with van der Waals surface area (Å²) in [6.07, 6.45) is 3.55. The molecule has 0 bridgehead atoms. The van der Waals surface area contributed by atoms with Gasteiger partial charge in [-0.15, -0.1) is 11.3 Å². The fraction of sp³-hybridized carbons (Fsp3) is 0.0500. The number of aryl methyl sites for hydroxylation is 1. The summed E-state index contributed by atoms with van der Waals surface area (Å²) >= 11 is 1.65. The number of hydrogen-bond acceptors (Lipinski definition) is 2. The van der Waals surface area contributed by atoms with Gasteiger partial charge in [-0.05, 0) is 47.2 Å². The van der Waals surface area contributed by atoms with Gasteiger partial charge in [0.05, 0.1) is 0 Å². The van der Waals surface area contributed by atoms with Gasteiger partial charge in [0.15, 0.2) is 5.78 Å². The summed E-state index contributed by atoms with van der Waals surface area (Å²) in [4.78, 5) is 13.4. The lowest BCUT2D eigenvalue weighted by molar-refractivity contribution is 0.104. The van der Waals surface area contributed by atoms with Crippen molar-refractivity contribution in [1.82, 2.24) is 0 Å². The SMILES string of the molecule is Cc1ccsc1/C=C/C(=O)c1ccc(-c2ccccc2)cc1. The Morgan fingerprint density at radius 1 is 0.909 bits per heavy atom. The quantitative estimate of drug-likeness (QED) is 0.451. The topological polar surface area (TPSA) is 17.1 Å². The number of ketones is 1. The third-order valence-corrected chi connectivity index (χ3v) is 4.55. The van der Waals surface area contributed by atoms with Crippen molar-refractivity contribution in [2.75, 3.05) is 0 Å². The molecule has 0 atom stereocenters. The molecule has 0 aliphatic heterocycles. The molecule has 22 heavy (non-hydrogen) atoms. The predicted molar refractivity (Wildman–Crippen MR) is 94.3 cm³/mol. The van der Waals surface area contributed by atoms with Crippen LogP contribution in [0.25, 0.3) is 17.2 Å². The summed E-state index contributed by atoms with van der Waals surface area (Å²) in [7, 11) is 0. The third kappa shape index (κ3) is 3.23. The van der Waals surface area contributed by atoms with Crippen molar-refractivity contribution in [3.05, 3.63) is 88.1 Å². The number of allylic oxidation sites excluding steroid dienone is 1. The Bertz CT molecular complexity index is 795. The molecule has 0 unspecified atom stereocenters. The molecule has 1 heterocycles. The maximum Gasteiger partial charge on any atom is 0.185 e. The number of rotatable bonds is 4. The maximum absolute atomic E-state index is 12.2. The van der Waals surface area contributed by atoms with Crippen LogP contribution in [0.3, 0.4) is 0 Å². The Labute approximate surface area is 134 Å². The summed E-state index contributed by atoms with van der Waals surface area (Å²) in [5.74, 6) is 0.0346. The van der Waals surface area contributed by atoms with Gasteiger partial charge in [0.25, 0.3) is 0 Å². The van der Waals surface area contributed by atoms with E-state index in [0.717, 1.165) is 16.0 Å².